The molecular formula is C25H26N4O4S. The highest BCUT2D eigenvalue weighted by molar-refractivity contribution is 7.89. The minimum atomic E-state index is -3.64. The van der Waals surface area contributed by atoms with Crippen molar-refractivity contribution in [1.29, 1.82) is 0 Å². The van der Waals surface area contributed by atoms with Crippen LogP contribution in [0.4, 0.5) is 10.5 Å². The van der Waals surface area contributed by atoms with Crippen molar-refractivity contribution in [3.63, 3.8) is 0 Å². The average Bonchev–Trinajstić information content (AvgIpc) is 3.67. The Morgan fingerprint density at radius 3 is 2.18 bits per heavy atom. The number of fused-ring (bicyclic) bond motifs is 1. The van der Waals surface area contributed by atoms with Gasteiger partial charge in [-0.25, -0.2) is 13.2 Å². The summed E-state index contributed by atoms with van der Waals surface area (Å²) >= 11 is 0. The third-order valence-electron chi connectivity index (χ3n) is 6.19. The lowest BCUT2D eigenvalue weighted by Gasteiger charge is -2.34. The van der Waals surface area contributed by atoms with E-state index in [-0.39, 0.29) is 36.0 Å². The number of carbonyl (C=O) groups is 2. The quantitative estimate of drug-likeness (QED) is 0.588. The monoisotopic (exact) mass is 478 g/mol. The van der Waals surface area contributed by atoms with Crippen molar-refractivity contribution < 1.29 is 18.0 Å². The van der Waals surface area contributed by atoms with Gasteiger partial charge in [-0.1, -0.05) is 30.3 Å². The molecule has 9 heteroatoms. The number of sulfonamides is 1. The maximum Gasteiger partial charge on any atom is 0.319 e. The number of carbonyl (C=O) groups excluding carboxylic acids is 2. The Morgan fingerprint density at radius 1 is 0.824 bits per heavy atom. The number of hydrogen-bond acceptors (Lipinski definition) is 4. The predicted molar refractivity (Wildman–Crippen MR) is 130 cm³/mol. The number of amides is 3. The van der Waals surface area contributed by atoms with E-state index in [0.29, 0.717) is 24.3 Å². The van der Waals surface area contributed by atoms with E-state index < -0.39 is 10.0 Å². The summed E-state index contributed by atoms with van der Waals surface area (Å²) in [7, 11) is -3.64. The van der Waals surface area contributed by atoms with Gasteiger partial charge in [-0.3, -0.25) is 4.79 Å². The normalized spacial score (nSPS) is 16.9. The summed E-state index contributed by atoms with van der Waals surface area (Å²) < 4.78 is 27.8. The molecule has 1 heterocycles. The van der Waals surface area contributed by atoms with Crippen LogP contribution in [0.25, 0.3) is 10.8 Å². The number of benzene rings is 3. The number of anilines is 1. The van der Waals surface area contributed by atoms with Crippen LogP contribution in [0.15, 0.2) is 71.6 Å². The lowest BCUT2D eigenvalue weighted by atomic mass is 10.1. The molecular weight excluding hydrogens is 452 g/mol. The van der Waals surface area contributed by atoms with Crippen LogP contribution < -0.4 is 10.6 Å². The molecule has 8 nitrogen and oxygen atoms in total. The number of nitrogens with zero attached hydrogens (tertiary/aromatic N) is 2. The molecule has 1 aliphatic heterocycles. The smallest absolute Gasteiger partial charge is 0.319 e. The first-order valence-corrected chi connectivity index (χ1v) is 12.8. The van der Waals surface area contributed by atoms with Gasteiger partial charge in [0, 0.05) is 43.5 Å². The molecule has 3 aromatic rings. The van der Waals surface area contributed by atoms with Gasteiger partial charge < -0.3 is 15.5 Å². The second-order valence-electron chi connectivity index (χ2n) is 8.66. The van der Waals surface area contributed by atoms with E-state index in [0.717, 1.165) is 23.6 Å². The fraction of sp³-hybridized carbons (Fsp3) is 0.280. The van der Waals surface area contributed by atoms with Gasteiger partial charge in [0.2, 0.25) is 10.0 Å². The van der Waals surface area contributed by atoms with Gasteiger partial charge in [0.1, 0.15) is 0 Å². The highest BCUT2D eigenvalue weighted by atomic mass is 32.2. The number of hydrogen-bond donors (Lipinski definition) is 2. The van der Waals surface area contributed by atoms with Gasteiger partial charge in [-0.15, -0.1) is 0 Å². The minimum Gasteiger partial charge on any atom is -0.336 e. The standard InChI is InChI=1S/C25H26N4O4S/c30-24(19-5-8-21(9-6-19)26-25(31)27-22-10-11-22)28-13-15-29(16-14-28)34(32,33)23-12-7-18-3-1-2-4-20(18)17-23/h1-9,12,17,22H,10-11,13-16H2,(H2,26,27,31). The van der Waals surface area contributed by atoms with E-state index in [4.69, 9.17) is 0 Å². The summed E-state index contributed by atoms with van der Waals surface area (Å²) in [6, 6.07) is 19.6. The SMILES string of the molecule is O=C(Nc1ccc(C(=O)N2CCN(S(=O)(=O)c3ccc4ccccc4c3)CC2)cc1)NC1CC1. The van der Waals surface area contributed by atoms with Crippen LogP contribution in [0.5, 0.6) is 0 Å². The fourth-order valence-electron chi connectivity index (χ4n) is 4.07. The van der Waals surface area contributed by atoms with Gasteiger partial charge >= 0.3 is 6.03 Å². The molecule has 176 valence electrons. The molecule has 0 aromatic heterocycles. The largest absolute Gasteiger partial charge is 0.336 e. The second kappa shape index (κ2) is 9.08. The Bertz CT molecular complexity index is 1330. The molecule has 5 rings (SSSR count). The summed E-state index contributed by atoms with van der Waals surface area (Å²) in [5.74, 6) is -0.156. The Balaban J connectivity index is 1.20. The van der Waals surface area contributed by atoms with E-state index in [1.54, 1.807) is 41.3 Å². The number of nitrogens with one attached hydrogen (secondary N) is 2. The highest BCUT2D eigenvalue weighted by Crippen LogP contribution is 2.23. The first kappa shape index (κ1) is 22.4. The molecule has 0 atom stereocenters. The van der Waals surface area contributed by atoms with Crippen LogP contribution in [0, 0.1) is 0 Å². The predicted octanol–water partition coefficient (Wildman–Crippen LogP) is 3.27. The molecule has 1 aliphatic carbocycles. The Hall–Kier alpha value is -3.43. The van der Waals surface area contributed by atoms with Crippen LogP contribution in [-0.4, -0.2) is 61.8 Å². The van der Waals surface area contributed by atoms with Gasteiger partial charge in [0.25, 0.3) is 5.91 Å². The van der Waals surface area contributed by atoms with Crippen LogP contribution in [-0.2, 0) is 10.0 Å². The second-order valence-corrected chi connectivity index (χ2v) is 10.6. The van der Waals surface area contributed by atoms with Crippen molar-refractivity contribution in [3.8, 4) is 0 Å². The fourth-order valence-corrected chi connectivity index (χ4v) is 5.53. The molecule has 2 N–H and O–H groups in total. The van der Waals surface area contributed by atoms with Crippen molar-refractivity contribution >= 4 is 38.4 Å². The molecule has 0 radical (unpaired) electrons. The summed E-state index contributed by atoms with van der Waals surface area (Å²) in [6.07, 6.45) is 2.02. The topological polar surface area (TPSA) is 98.8 Å². The summed E-state index contributed by atoms with van der Waals surface area (Å²) in [5, 5.41) is 7.47. The first-order chi connectivity index (χ1) is 16.4. The number of piperazine rings is 1. The van der Waals surface area contributed by atoms with E-state index in [9.17, 15) is 18.0 Å². The molecule has 34 heavy (non-hydrogen) atoms. The maximum atomic E-state index is 13.2. The van der Waals surface area contributed by atoms with Crippen LogP contribution in [0.1, 0.15) is 23.2 Å². The van der Waals surface area contributed by atoms with E-state index in [2.05, 4.69) is 10.6 Å². The lowest BCUT2D eigenvalue weighted by molar-refractivity contribution is 0.0698. The number of urea groups is 1. The van der Waals surface area contributed by atoms with Crippen LogP contribution >= 0.6 is 0 Å². The first-order valence-electron chi connectivity index (χ1n) is 11.4. The summed E-state index contributed by atoms with van der Waals surface area (Å²) in [6.45, 7) is 1.11. The molecule has 0 bridgehead atoms. The lowest BCUT2D eigenvalue weighted by Crippen LogP contribution is -2.50. The highest BCUT2D eigenvalue weighted by Gasteiger charge is 2.30. The van der Waals surface area contributed by atoms with Crippen LogP contribution in [0.2, 0.25) is 0 Å². The summed E-state index contributed by atoms with van der Waals surface area (Å²) in [5.41, 5.74) is 1.11. The van der Waals surface area contributed by atoms with Gasteiger partial charge in [0.15, 0.2) is 0 Å². The zero-order chi connectivity index (χ0) is 23.7. The molecule has 1 saturated carbocycles. The molecule has 2 fully saturated rings. The molecule has 0 unspecified atom stereocenters. The average molecular weight is 479 g/mol. The molecule has 2 aliphatic rings. The van der Waals surface area contributed by atoms with Gasteiger partial charge in [-0.05, 0) is 60.0 Å². The molecule has 3 aromatic carbocycles. The molecule has 3 amide bonds. The van der Waals surface area contributed by atoms with Crippen LogP contribution in [0.3, 0.4) is 0 Å². The van der Waals surface area contributed by atoms with Crippen molar-refractivity contribution in [2.75, 3.05) is 31.5 Å². The Labute approximate surface area is 198 Å². The van der Waals surface area contributed by atoms with E-state index in [1.165, 1.54) is 4.31 Å². The molecule has 1 saturated heterocycles. The minimum absolute atomic E-state index is 0.156. The maximum absolute atomic E-state index is 13.2. The van der Waals surface area contributed by atoms with Crippen molar-refractivity contribution in [1.82, 2.24) is 14.5 Å². The Kier molecular flexibility index (Phi) is 5.97. The summed E-state index contributed by atoms with van der Waals surface area (Å²) in [4.78, 5) is 26.7. The van der Waals surface area contributed by atoms with E-state index in [1.807, 2.05) is 30.3 Å². The van der Waals surface area contributed by atoms with Gasteiger partial charge in [0.05, 0.1) is 4.90 Å². The zero-order valence-corrected chi connectivity index (χ0v) is 19.4. The Morgan fingerprint density at radius 2 is 1.50 bits per heavy atom. The van der Waals surface area contributed by atoms with Crippen molar-refractivity contribution in [3.05, 3.63) is 72.3 Å². The van der Waals surface area contributed by atoms with Crippen molar-refractivity contribution in [2.24, 2.45) is 0 Å². The van der Waals surface area contributed by atoms with Crippen molar-refractivity contribution in [2.45, 2.75) is 23.8 Å². The third kappa shape index (κ3) is 4.76. The molecule has 0 spiro atoms. The van der Waals surface area contributed by atoms with E-state index >= 15 is 0 Å². The zero-order valence-electron chi connectivity index (χ0n) is 18.6. The third-order valence-corrected chi connectivity index (χ3v) is 8.08. The van der Waals surface area contributed by atoms with Gasteiger partial charge in [-0.2, -0.15) is 4.31 Å². The number of rotatable bonds is 5.